The first-order chi connectivity index (χ1) is 14.1. The van der Waals surface area contributed by atoms with E-state index < -0.39 is 6.10 Å². The number of hydrogen-bond donors (Lipinski definition) is 1. The van der Waals surface area contributed by atoms with Crippen molar-refractivity contribution >= 4 is 10.9 Å². The molecule has 0 spiro atoms. The van der Waals surface area contributed by atoms with Crippen molar-refractivity contribution in [2.45, 2.75) is 32.5 Å². The van der Waals surface area contributed by atoms with Crippen LogP contribution in [0.15, 0.2) is 73.1 Å². The molecule has 0 aliphatic rings. The number of ether oxygens (including phenoxy) is 1. The monoisotopic (exact) mass is 386 g/mol. The van der Waals surface area contributed by atoms with Gasteiger partial charge in [0.15, 0.2) is 0 Å². The van der Waals surface area contributed by atoms with Gasteiger partial charge in [0.05, 0.1) is 11.7 Å². The average molecular weight is 386 g/mol. The van der Waals surface area contributed by atoms with Gasteiger partial charge in [-0.3, -0.25) is 4.98 Å². The number of aryl methyl sites for hydroxylation is 1. The van der Waals surface area contributed by atoms with Crippen LogP contribution in [0.1, 0.15) is 48.3 Å². The molecule has 0 saturated carbocycles. The molecule has 4 heteroatoms. The minimum Gasteiger partial charge on any atom is -0.489 e. The normalized spacial score (nSPS) is 12.4. The number of aromatic nitrogens is 2. The maximum Gasteiger partial charge on any atom is 0.119 e. The zero-order valence-corrected chi connectivity index (χ0v) is 17.0. The van der Waals surface area contributed by atoms with E-state index in [1.54, 1.807) is 6.20 Å². The molecule has 2 heterocycles. The van der Waals surface area contributed by atoms with Crippen molar-refractivity contribution in [2.75, 3.05) is 0 Å². The molecule has 0 amide bonds. The van der Waals surface area contributed by atoms with Crippen molar-refractivity contribution in [3.05, 3.63) is 95.4 Å². The van der Waals surface area contributed by atoms with Crippen LogP contribution in [0.2, 0.25) is 0 Å². The Bertz CT molecular complexity index is 1100. The first-order valence-corrected chi connectivity index (χ1v) is 9.93. The van der Waals surface area contributed by atoms with Gasteiger partial charge < -0.3 is 14.4 Å². The van der Waals surface area contributed by atoms with E-state index in [-0.39, 0.29) is 5.92 Å². The van der Waals surface area contributed by atoms with Crippen LogP contribution >= 0.6 is 0 Å². The molecule has 2 aromatic carbocycles. The lowest BCUT2D eigenvalue weighted by atomic mass is 9.95. The summed E-state index contributed by atoms with van der Waals surface area (Å²) < 4.78 is 8.02. The molecule has 148 valence electrons. The third kappa shape index (κ3) is 3.76. The third-order valence-electron chi connectivity index (χ3n) is 5.35. The van der Waals surface area contributed by atoms with Crippen molar-refractivity contribution < 1.29 is 9.84 Å². The van der Waals surface area contributed by atoms with Gasteiger partial charge in [-0.1, -0.05) is 56.3 Å². The van der Waals surface area contributed by atoms with E-state index in [2.05, 4.69) is 23.4 Å². The number of nitrogens with zero attached hydrogens (tertiary/aromatic N) is 2. The Kier molecular flexibility index (Phi) is 5.36. The third-order valence-corrected chi connectivity index (χ3v) is 5.35. The SMILES string of the molecule is CC(C)c1c(C(O)c2ccc(OCc3ccccc3)cc2)c2ccncc2n1C. The summed E-state index contributed by atoms with van der Waals surface area (Å²) in [4.78, 5) is 4.26. The van der Waals surface area contributed by atoms with Crippen molar-refractivity contribution in [1.29, 1.82) is 0 Å². The number of pyridine rings is 1. The number of hydrogen-bond acceptors (Lipinski definition) is 3. The number of fused-ring (bicyclic) bond motifs is 1. The maximum atomic E-state index is 11.3. The highest BCUT2D eigenvalue weighted by Crippen LogP contribution is 2.37. The van der Waals surface area contributed by atoms with Gasteiger partial charge in [-0.15, -0.1) is 0 Å². The van der Waals surface area contributed by atoms with Crippen LogP contribution in [-0.4, -0.2) is 14.7 Å². The van der Waals surface area contributed by atoms with Gasteiger partial charge in [0.1, 0.15) is 18.5 Å². The van der Waals surface area contributed by atoms with Crippen LogP contribution in [0, 0.1) is 0 Å². The van der Waals surface area contributed by atoms with Crippen molar-refractivity contribution in [3.63, 3.8) is 0 Å². The smallest absolute Gasteiger partial charge is 0.119 e. The van der Waals surface area contributed by atoms with E-state index in [9.17, 15) is 5.11 Å². The van der Waals surface area contributed by atoms with Gasteiger partial charge in [0.25, 0.3) is 0 Å². The fraction of sp³-hybridized carbons (Fsp3) is 0.240. The molecule has 4 aromatic rings. The number of aliphatic hydroxyl groups excluding tert-OH is 1. The summed E-state index contributed by atoms with van der Waals surface area (Å²) in [6.07, 6.45) is 2.93. The largest absolute Gasteiger partial charge is 0.489 e. The summed E-state index contributed by atoms with van der Waals surface area (Å²) in [5.74, 6) is 1.07. The second-order valence-electron chi connectivity index (χ2n) is 7.65. The summed E-state index contributed by atoms with van der Waals surface area (Å²) in [5.41, 5.74) is 5.10. The maximum absolute atomic E-state index is 11.3. The summed E-state index contributed by atoms with van der Waals surface area (Å²) in [6, 6.07) is 19.8. The number of aliphatic hydroxyl groups is 1. The van der Waals surface area contributed by atoms with Crippen molar-refractivity contribution in [2.24, 2.45) is 7.05 Å². The zero-order chi connectivity index (χ0) is 20.4. The molecule has 0 saturated heterocycles. The van der Waals surface area contributed by atoms with Crippen LogP contribution < -0.4 is 4.74 Å². The molecule has 4 nitrogen and oxygen atoms in total. The molecule has 2 aromatic heterocycles. The molecule has 1 N–H and O–H groups in total. The second kappa shape index (κ2) is 8.10. The predicted octanol–water partition coefficient (Wildman–Crippen LogP) is 5.36. The fourth-order valence-corrected chi connectivity index (χ4v) is 3.97. The highest BCUT2D eigenvalue weighted by atomic mass is 16.5. The van der Waals surface area contributed by atoms with E-state index in [1.807, 2.05) is 73.9 Å². The summed E-state index contributed by atoms with van der Waals surface area (Å²) in [5, 5.41) is 12.3. The quantitative estimate of drug-likeness (QED) is 0.485. The van der Waals surface area contributed by atoms with Crippen LogP contribution in [0.25, 0.3) is 10.9 Å². The molecule has 29 heavy (non-hydrogen) atoms. The number of benzene rings is 2. The van der Waals surface area contributed by atoms with Crippen LogP contribution in [0.5, 0.6) is 5.75 Å². The summed E-state index contributed by atoms with van der Waals surface area (Å²) >= 11 is 0. The van der Waals surface area contributed by atoms with E-state index in [4.69, 9.17) is 4.74 Å². The van der Waals surface area contributed by atoms with Gasteiger partial charge in [-0.2, -0.15) is 0 Å². The molecular weight excluding hydrogens is 360 g/mol. The standard InChI is InChI=1S/C25H26N2O2/c1-17(2)24-23(21-13-14-26-15-22(21)27(24)3)25(28)19-9-11-20(12-10-19)29-16-18-7-5-4-6-8-18/h4-15,17,25,28H,16H2,1-3H3. The fourth-order valence-electron chi connectivity index (χ4n) is 3.97. The van der Waals surface area contributed by atoms with Crippen LogP contribution in [0.4, 0.5) is 0 Å². The first kappa shape index (κ1) is 19.2. The Labute approximate surface area is 171 Å². The summed E-state index contributed by atoms with van der Waals surface area (Å²) in [6.45, 7) is 4.83. The van der Waals surface area contributed by atoms with Gasteiger partial charge in [0.2, 0.25) is 0 Å². The highest BCUT2D eigenvalue weighted by molar-refractivity contribution is 5.85. The molecule has 1 unspecified atom stereocenters. The lowest BCUT2D eigenvalue weighted by molar-refractivity contribution is 0.219. The molecule has 0 aliphatic heterocycles. The van der Waals surface area contributed by atoms with Gasteiger partial charge in [-0.05, 0) is 35.2 Å². The Balaban J connectivity index is 1.62. The van der Waals surface area contributed by atoms with Crippen molar-refractivity contribution in [3.8, 4) is 5.75 Å². The van der Waals surface area contributed by atoms with Crippen molar-refractivity contribution in [1.82, 2.24) is 9.55 Å². The van der Waals surface area contributed by atoms with E-state index in [0.717, 1.165) is 39.0 Å². The second-order valence-corrected chi connectivity index (χ2v) is 7.65. The lowest BCUT2D eigenvalue weighted by Gasteiger charge is -2.17. The zero-order valence-electron chi connectivity index (χ0n) is 17.0. The summed E-state index contributed by atoms with van der Waals surface area (Å²) in [7, 11) is 2.04. The molecule has 0 radical (unpaired) electrons. The number of rotatable bonds is 6. The minimum atomic E-state index is -0.707. The Morgan fingerprint density at radius 2 is 1.72 bits per heavy atom. The Morgan fingerprint density at radius 1 is 1.00 bits per heavy atom. The average Bonchev–Trinajstić information content (AvgIpc) is 3.06. The minimum absolute atomic E-state index is 0.283. The highest BCUT2D eigenvalue weighted by Gasteiger charge is 2.24. The van der Waals surface area contributed by atoms with Crippen LogP contribution in [-0.2, 0) is 13.7 Å². The van der Waals surface area contributed by atoms with Gasteiger partial charge in [-0.25, -0.2) is 0 Å². The molecule has 4 rings (SSSR count). The lowest BCUT2D eigenvalue weighted by Crippen LogP contribution is -2.07. The van der Waals surface area contributed by atoms with E-state index >= 15 is 0 Å². The van der Waals surface area contributed by atoms with Gasteiger partial charge in [0, 0.05) is 29.9 Å². The van der Waals surface area contributed by atoms with E-state index in [0.29, 0.717) is 6.61 Å². The Hall–Kier alpha value is -3.11. The molecule has 0 bridgehead atoms. The Morgan fingerprint density at radius 3 is 2.41 bits per heavy atom. The predicted molar refractivity (Wildman–Crippen MR) is 116 cm³/mol. The van der Waals surface area contributed by atoms with Gasteiger partial charge >= 0.3 is 0 Å². The molecular formula is C25H26N2O2. The molecule has 0 fully saturated rings. The van der Waals surface area contributed by atoms with E-state index in [1.165, 1.54) is 0 Å². The molecule has 1 atom stereocenters. The van der Waals surface area contributed by atoms with Crippen LogP contribution in [0.3, 0.4) is 0 Å². The first-order valence-electron chi connectivity index (χ1n) is 9.93. The molecule has 0 aliphatic carbocycles. The topological polar surface area (TPSA) is 47.3 Å².